The Bertz CT molecular complexity index is 1800. The monoisotopic (exact) mass is 472 g/mol. The van der Waals surface area contributed by atoms with Gasteiger partial charge in [-0.15, -0.1) is 0 Å². The van der Waals surface area contributed by atoms with E-state index < -0.39 is 11.5 Å². The molecule has 1 aliphatic rings. The van der Waals surface area contributed by atoms with Gasteiger partial charge in [-0.05, 0) is 42.5 Å². The van der Waals surface area contributed by atoms with Gasteiger partial charge in [-0.3, -0.25) is 14.4 Å². The van der Waals surface area contributed by atoms with Crippen molar-refractivity contribution in [2.45, 2.75) is 0 Å². The highest BCUT2D eigenvalue weighted by Gasteiger charge is 2.30. The second kappa shape index (κ2) is 8.25. The second-order valence-corrected chi connectivity index (χ2v) is 8.29. The predicted octanol–water partition coefficient (Wildman–Crippen LogP) is 4.88. The summed E-state index contributed by atoms with van der Waals surface area (Å²) in [6.45, 7) is 0. The minimum atomic E-state index is -0.533. The number of ketones is 2. The van der Waals surface area contributed by atoms with E-state index in [4.69, 9.17) is 4.42 Å². The molecule has 0 aliphatic heterocycles. The number of nitrogens with zero attached hydrogens (tertiary/aromatic N) is 1. The summed E-state index contributed by atoms with van der Waals surface area (Å²) in [5.41, 5.74) is 2.06. The standard InChI is InChI=1S/C29H16N2O5/c32-25-17-7-1-2-8-18(17)26(33)22-15-16(13-14-19(22)25)27(34)30-23-11-5-3-9-20(23)28-31-24-12-6-4-10-21(24)29(35)36-28/h1-15H,(H,30,34). The fourth-order valence-electron chi connectivity index (χ4n) is 4.35. The average molecular weight is 472 g/mol. The number of benzene rings is 4. The van der Waals surface area contributed by atoms with Crippen LogP contribution >= 0.6 is 0 Å². The number of carbonyl (C=O) groups excluding carboxylic acids is 3. The van der Waals surface area contributed by atoms with Crippen LogP contribution in [0.2, 0.25) is 0 Å². The van der Waals surface area contributed by atoms with Gasteiger partial charge in [0.1, 0.15) is 0 Å². The van der Waals surface area contributed by atoms with Crippen molar-refractivity contribution in [1.82, 2.24) is 4.98 Å². The number of carbonyl (C=O) groups is 3. The first-order chi connectivity index (χ1) is 17.5. The fraction of sp³-hybridized carbons (Fsp3) is 0. The Morgan fingerprint density at radius 1 is 0.667 bits per heavy atom. The highest BCUT2D eigenvalue weighted by molar-refractivity contribution is 6.28. The second-order valence-electron chi connectivity index (χ2n) is 8.29. The molecular formula is C29H16N2O5. The molecular weight excluding hydrogens is 456 g/mol. The lowest BCUT2D eigenvalue weighted by Crippen LogP contribution is -2.22. The molecule has 1 amide bonds. The summed E-state index contributed by atoms with van der Waals surface area (Å²) in [6, 6.07) is 24.7. The largest absolute Gasteiger partial charge is 0.403 e. The molecule has 0 radical (unpaired) electrons. The average Bonchev–Trinajstić information content (AvgIpc) is 2.91. The minimum Gasteiger partial charge on any atom is -0.403 e. The van der Waals surface area contributed by atoms with Crippen LogP contribution < -0.4 is 10.9 Å². The number of amides is 1. The van der Waals surface area contributed by atoms with Crippen LogP contribution in [-0.4, -0.2) is 22.5 Å². The number of anilines is 1. The van der Waals surface area contributed by atoms with Crippen LogP contribution in [-0.2, 0) is 0 Å². The topological polar surface area (TPSA) is 106 Å². The molecule has 0 saturated heterocycles. The lowest BCUT2D eigenvalue weighted by Gasteiger charge is -2.18. The zero-order valence-electron chi connectivity index (χ0n) is 18.6. The Labute approximate surface area is 204 Å². The smallest absolute Gasteiger partial charge is 0.347 e. The molecule has 1 N–H and O–H groups in total. The summed E-state index contributed by atoms with van der Waals surface area (Å²) >= 11 is 0. The molecule has 0 bridgehead atoms. The summed E-state index contributed by atoms with van der Waals surface area (Å²) in [5.74, 6) is -0.989. The highest BCUT2D eigenvalue weighted by Crippen LogP contribution is 2.30. The predicted molar refractivity (Wildman–Crippen MR) is 133 cm³/mol. The third-order valence-electron chi connectivity index (χ3n) is 6.13. The van der Waals surface area contributed by atoms with Gasteiger partial charge in [-0.2, -0.15) is 0 Å². The van der Waals surface area contributed by atoms with E-state index >= 15 is 0 Å². The van der Waals surface area contributed by atoms with Crippen molar-refractivity contribution in [1.29, 1.82) is 0 Å². The number of aromatic nitrogens is 1. The van der Waals surface area contributed by atoms with E-state index in [1.807, 2.05) is 0 Å². The molecule has 172 valence electrons. The van der Waals surface area contributed by atoms with Crippen molar-refractivity contribution >= 4 is 34.1 Å². The first-order valence-electron chi connectivity index (χ1n) is 11.1. The van der Waals surface area contributed by atoms with E-state index in [0.717, 1.165) is 0 Å². The van der Waals surface area contributed by atoms with Crippen molar-refractivity contribution in [3.63, 3.8) is 0 Å². The van der Waals surface area contributed by atoms with E-state index in [-0.39, 0.29) is 34.1 Å². The summed E-state index contributed by atoms with van der Waals surface area (Å²) < 4.78 is 5.44. The molecule has 7 heteroatoms. The van der Waals surface area contributed by atoms with Gasteiger partial charge < -0.3 is 9.73 Å². The van der Waals surface area contributed by atoms with Gasteiger partial charge in [0.2, 0.25) is 5.89 Å². The van der Waals surface area contributed by atoms with Crippen LogP contribution in [0.4, 0.5) is 5.69 Å². The van der Waals surface area contributed by atoms with Crippen molar-refractivity contribution in [2.24, 2.45) is 0 Å². The van der Waals surface area contributed by atoms with Crippen LogP contribution in [0.15, 0.2) is 100 Å². The molecule has 0 saturated carbocycles. The molecule has 0 spiro atoms. The summed E-state index contributed by atoms with van der Waals surface area (Å²) in [6.07, 6.45) is 0. The van der Waals surface area contributed by atoms with Gasteiger partial charge in [-0.25, -0.2) is 9.78 Å². The van der Waals surface area contributed by atoms with E-state index in [1.165, 1.54) is 18.2 Å². The number of para-hydroxylation sites is 2. The molecule has 1 aliphatic carbocycles. The van der Waals surface area contributed by atoms with Crippen molar-refractivity contribution in [3.8, 4) is 11.5 Å². The fourth-order valence-corrected chi connectivity index (χ4v) is 4.35. The van der Waals surface area contributed by atoms with Gasteiger partial charge in [0, 0.05) is 27.8 Å². The molecule has 0 unspecified atom stereocenters. The summed E-state index contributed by atoms with van der Waals surface area (Å²) in [7, 11) is 0. The molecule has 0 atom stereocenters. The first-order valence-corrected chi connectivity index (χ1v) is 11.1. The Kier molecular flexibility index (Phi) is 4.90. The van der Waals surface area contributed by atoms with Gasteiger partial charge in [0.25, 0.3) is 5.91 Å². The molecule has 1 aromatic heterocycles. The quantitative estimate of drug-likeness (QED) is 0.393. The zero-order valence-corrected chi connectivity index (χ0v) is 18.6. The maximum atomic E-state index is 13.2. The molecule has 5 aromatic rings. The Balaban J connectivity index is 1.36. The molecule has 1 heterocycles. The molecule has 7 nitrogen and oxygen atoms in total. The van der Waals surface area contributed by atoms with E-state index in [9.17, 15) is 19.2 Å². The third-order valence-corrected chi connectivity index (χ3v) is 6.13. The van der Waals surface area contributed by atoms with E-state index in [0.29, 0.717) is 33.3 Å². The summed E-state index contributed by atoms with van der Waals surface area (Å²) in [4.78, 5) is 56.0. The minimum absolute atomic E-state index is 0.0671. The number of rotatable bonds is 3. The van der Waals surface area contributed by atoms with Crippen molar-refractivity contribution in [2.75, 3.05) is 5.32 Å². The Morgan fingerprint density at radius 2 is 1.28 bits per heavy atom. The van der Waals surface area contributed by atoms with Crippen LogP contribution in [0, 0.1) is 0 Å². The molecule has 6 rings (SSSR count). The van der Waals surface area contributed by atoms with Gasteiger partial charge in [0.05, 0.1) is 22.2 Å². The number of hydrogen-bond donors (Lipinski definition) is 1. The summed E-state index contributed by atoms with van der Waals surface area (Å²) in [5, 5.41) is 3.17. The zero-order chi connectivity index (χ0) is 24.8. The first kappa shape index (κ1) is 21.4. The van der Waals surface area contributed by atoms with Gasteiger partial charge in [0.15, 0.2) is 11.6 Å². The van der Waals surface area contributed by atoms with Gasteiger partial charge >= 0.3 is 5.63 Å². The SMILES string of the molecule is O=C(Nc1ccccc1-c1nc2ccccc2c(=O)o1)c1ccc2c(c1)C(=O)c1ccccc1C2=O. The lowest BCUT2D eigenvalue weighted by molar-refractivity contribution is 0.0978. The van der Waals surface area contributed by atoms with Gasteiger partial charge in [-0.1, -0.05) is 48.5 Å². The van der Waals surface area contributed by atoms with Crippen LogP contribution in [0.1, 0.15) is 42.2 Å². The maximum Gasteiger partial charge on any atom is 0.347 e. The van der Waals surface area contributed by atoms with Crippen molar-refractivity contribution < 1.29 is 18.8 Å². The third kappa shape index (κ3) is 3.42. The molecule has 4 aromatic carbocycles. The molecule has 36 heavy (non-hydrogen) atoms. The van der Waals surface area contributed by atoms with Crippen LogP contribution in [0.25, 0.3) is 22.4 Å². The maximum absolute atomic E-state index is 13.2. The Morgan fingerprint density at radius 3 is 2.06 bits per heavy atom. The van der Waals surface area contributed by atoms with Crippen LogP contribution in [0.3, 0.4) is 0 Å². The van der Waals surface area contributed by atoms with Crippen LogP contribution in [0.5, 0.6) is 0 Å². The highest BCUT2D eigenvalue weighted by atomic mass is 16.4. The lowest BCUT2D eigenvalue weighted by atomic mass is 9.83. The number of fused-ring (bicyclic) bond motifs is 3. The Hall–Kier alpha value is -5.17. The molecule has 0 fully saturated rings. The normalized spacial score (nSPS) is 12.2. The number of hydrogen-bond acceptors (Lipinski definition) is 6. The van der Waals surface area contributed by atoms with Crippen molar-refractivity contribution in [3.05, 3.63) is 129 Å². The van der Waals surface area contributed by atoms with E-state index in [2.05, 4.69) is 10.3 Å². The number of nitrogens with one attached hydrogen (secondary N) is 1. The van der Waals surface area contributed by atoms with E-state index in [1.54, 1.807) is 72.8 Å².